The van der Waals surface area contributed by atoms with Gasteiger partial charge in [-0.2, -0.15) is 0 Å². The van der Waals surface area contributed by atoms with Gasteiger partial charge < -0.3 is 24.8 Å². The molecule has 1 saturated heterocycles. The van der Waals surface area contributed by atoms with Crippen molar-refractivity contribution in [2.75, 3.05) is 38.0 Å². The van der Waals surface area contributed by atoms with Gasteiger partial charge in [0.1, 0.15) is 5.82 Å². The number of hydrogen-bond donors (Lipinski definition) is 2. The molecule has 7 heteroatoms. The Morgan fingerprint density at radius 1 is 1.24 bits per heavy atom. The van der Waals surface area contributed by atoms with E-state index in [4.69, 9.17) is 14.2 Å². The number of benzene rings is 2. The van der Waals surface area contributed by atoms with Crippen LogP contribution in [-0.4, -0.2) is 39.4 Å². The van der Waals surface area contributed by atoms with Crippen molar-refractivity contribution in [3.05, 3.63) is 47.8 Å². The molecule has 0 aliphatic carbocycles. The average molecular weight is 402 g/mol. The van der Waals surface area contributed by atoms with Crippen LogP contribution in [0, 0.1) is 5.82 Å². The predicted molar refractivity (Wildman–Crippen MR) is 110 cm³/mol. The molecule has 2 aromatic rings. The number of halogens is 1. The first-order valence-corrected chi connectivity index (χ1v) is 9.75. The van der Waals surface area contributed by atoms with E-state index < -0.39 is 5.82 Å². The van der Waals surface area contributed by atoms with E-state index in [-0.39, 0.29) is 18.4 Å². The highest BCUT2D eigenvalue weighted by Crippen LogP contribution is 2.31. The molecule has 2 N–H and O–H groups in total. The van der Waals surface area contributed by atoms with Crippen molar-refractivity contribution < 1.29 is 23.4 Å². The lowest BCUT2D eigenvalue weighted by atomic mass is 10.1. The van der Waals surface area contributed by atoms with Crippen molar-refractivity contribution in [1.82, 2.24) is 0 Å². The second kappa shape index (κ2) is 10.1. The molecular weight excluding hydrogens is 375 g/mol. The molecule has 1 atom stereocenters. The number of anilines is 2. The summed E-state index contributed by atoms with van der Waals surface area (Å²) in [6, 6.07) is 10.2. The van der Waals surface area contributed by atoms with Crippen LogP contribution in [0.2, 0.25) is 0 Å². The molecular formula is C22H27FN2O4. The summed E-state index contributed by atoms with van der Waals surface area (Å²) in [5.41, 5.74) is 1.70. The molecule has 0 aromatic heterocycles. The smallest absolute Gasteiger partial charge is 0.224 e. The molecule has 0 bridgehead atoms. The highest BCUT2D eigenvalue weighted by atomic mass is 19.1. The van der Waals surface area contributed by atoms with E-state index in [1.807, 2.05) is 12.1 Å². The highest BCUT2D eigenvalue weighted by molar-refractivity contribution is 5.91. The van der Waals surface area contributed by atoms with Crippen LogP contribution in [0.5, 0.6) is 11.5 Å². The Bertz CT molecular complexity index is 838. The summed E-state index contributed by atoms with van der Waals surface area (Å²) in [6.45, 7) is 1.34. The van der Waals surface area contributed by atoms with E-state index >= 15 is 0 Å². The quantitative estimate of drug-likeness (QED) is 0.663. The number of aryl methyl sites for hydroxylation is 1. The normalized spacial score (nSPS) is 15.8. The molecule has 1 amide bonds. The van der Waals surface area contributed by atoms with Crippen LogP contribution >= 0.6 is 0 Å². The van der Waals surface area contributed by atoms with Gasteiger partial charge in [-0.25, -0.2) is 4.39 Å². The maximum Gasteiger partial charge on any atom is 0.224 e. The molecule has 1 aliphatic rings. The van der Waals surface area contributed by atoms with Gasteiger partial charge in [0.15, 0.2) is 11.5 Å². The lowest BCUT2D eigenvalue weighted by molar-refractivity contribution is -0.116. The number of nitrogens with one attached hydrogen (secondary N) is 2. The van der Waals surface area contributed by atoms with E-state index in [9.17, 15) is 9.18 Å². The number of methoxy groups -OCH3 is 2. The Morgan fingerprint density at radius 3 is 2.79 bits per heavy atom. The Morgan fingerprint density at radius 2 is 2.10 bits per heavy atom. The summed E-state index contributed by atoms with van der Waals surface area (Å²) >= 11 is 0. The van der Waals surface area contributed by atoms with E-state index in [2.05, 4.69) is 10.6 Å². The van der Waals surface area contributed by atoms with Gasteiger partial charge in [-0.05, 0) is 49.1 Å². The van der Waals surface area contributed by atoms with Gasteiger partial charge in [-0.3, -0.25) is 4.79 Å². The van der Waals surface area contributed by atoms with Gasteiger partial charge in [0, 0.05) is 25.3 Å². The van der Waals surface area contributed by atoms with Gasteiger partial charge in [0.25, 0.3) is 0 Å². The van der Waals surface area contributed by atoms with Gasteiger partial charge in [0.2, 0.25) is 5.91 Å². The minimum absolute atomic E-state index is 0.127. The molecule has 6 nitrogen and oxygen atoms in total. The fourth-order valence-electron chi connectivity index (χ4n) is 3.39. The van der Waals surface area contributed by atoms with Gasteiger partial charge in [-0.15, -0.1) is 0 Å². The first-order valence-electron chi connectivity index (χ1n) is 9.75. The van der Waals surface area contributed by atoms with Crippen molar-refractivity contribution in [1.29, 1.82) is 0 Å². The van der Waals surface area contributed by atoms with Crippen molar-refractivity contribution in [2.24, 2.45) is 0 Å². The summed E-state index contributed by atoms with van der Waals surface area (Å²) in [5.74, 6) is 0.638. The number of hydrogen-bond acceptors (Lipinski definition) is 5. The van der Waals surface area contributed by atoms with Crippen LogP contribution < -0.4 is 20.1 Å². The van der Waals surface area contributed by atoms with Crippen molar-refractivity contribution >= 4 is 17.3 Å². The van der Waals surface area contributed by atoms with E-state index in [0.29, 0.717) is 35.8 Å². The summed E-state index contributed by atoms with van der Waals surface area (Å²) in [7, 11) is 3.14. The third-order valence-corrected chi connectivity index (χ3v) is 4.90. The molecule has 156 valence electrons. The van der Waals surface area contributed by atoms with Crippen molar-refractivity contribution in [3.63, 3.8) is 0 Å². The highest BCUT2D eigenvalue weighted by Gasteiger charge is 2.16. The topological polar surface area (TPSA) is 68.8 Å². The van der Waals surface area contributed by atoms with E-state index in [1.54, 1.807) is 32.4 Å². The van der Waals surface area contributed by atoms with Gasteiger partial charge in [-0.1, -0.05) is 12.1 Å². The van der Waals surface area contributed by atoms with E-state index in [1.165, 1.54) is 6.07 Å². The largest absolute Gasteiger partial charge is 0.493 e. The number of amides is 1. The molecule has 3 rings (SSSR count). The molecule has 0 radical (unpaired) electrons. The van der Waals surface area contributed by atoms with Crippen molar-refractivity contribution in [3.8, 4) is 11.5 Å². The number of rotatable bonds is 9. The third-order valence-electron chi connectivity index (χ3n) is 4.90. The molecule has 0 saturated carbocycles. The molecule has 1 heterocycles. The second-order valence-electron chi connectivity index (χ2n) is 6.91. The Labute approximate surface area is 170 Å². The molecule has 29 heavy (non-hydrogen) atoms. The Kier molecular flexibility index (Phi) is 7.30. The predicted octanol–water partition coefficient (Wildman–Crippen LogP) is 4.01. The number of para-hydroxylation sites is 1. The van der Waals surface area contributed by atoms with Crippen LogP contribution in [-0.2, 0) is 16.0 Å². The lowest BCUT2D eigenvalue weighted by Crippen LogP contribution is -2.19. The minimum Gasteiger partial charge on any atom is -0.493 e. The summed E-state index contributed by atoms with van der Waals surface area (Å²) in [4.78, 5) is 12.3. The zero-order chi connectivity index (χ0) is 20.6. The van der Waals surface area contributed by atoms with Crippen LogP contribution in [0.1, 0.15) is 24.8 Å². The first-order chi connectivity index (χ1) is 14.1. The standard InChI is InChI=1S/C22H27FN2O4/c1-27-20-7-3-5-15(22(20)28-2)8-11-21(26)25-16-9-10-19(18(23)13-16)24-14-17-6-4-12-29-17/h3,5,7,9-10,13,17,24H,4,6,8,11-12,14H2,1-2H3,(H,25,26). The zero-order valence-electron chi connectivity index (χ0n) is 16.8. The Hall–Kier alpha value is -2.80. The second-order valence-corrected chi connectivity index (χ2v) is 6.91. The zero-order valence-corrected chi connectivity index (χ0v) is 16.8. The molecule has 0 spiro atoms. The monoisotopic (exact) mass is 402 g/mol. The Balaban J connectivity index is 1.53. The average Bonchev–Trinajstić information content (AvgIpc) is 3.25. The first kappa shape index (κ1) is 20.9. The maximum absolute atomic E-state index is 14.3. The summed E-state index contributed by atoms with van der Waals surface area (Å²) < 4.78 is 30.5. The van der Waals surface area contributed by atoms with Crippen molar-refractivity contribution in [2.45, 2.75) is 31.8 Å². The van der Waals surface area contributed by atoms with Crippen LogP contribution in [0.15, 0.2) is 36.4 Å². The van der Waals surface area contributed by atoms with Crippen LogP contribution in [0.25, 0.3) is 0 Å². The minimum atomic E-state index is -0.407. The molecule has 1 unspecified atom stereocenters. The van der Waals surface area contributed by atoms with E-state index in [0.717, 1.165) is 25.0 Å². The molecule has 2 aromatic carbocycles. The fraction of sp³-hybridized carbons (Fsp3) is 0.409. The fourth-order valence-corrected chi connectivity index (χ4v) is 3.39. The van der Waals surface area contributed by atoms with Gasteiger partial charge >= 0.3 is 0 Å². The number of carbonyl (C=O) groups is 1. The molecule has 1 aliphatic heterocycles. The summed E-state index contributed by atoms with van der Waals surface area (Å²) in [5, 5.41) is 5.81. The maximum atomic E-state index is 14.3. The van der Waals surface area contributed by atoms with Crippen LogP contribution in [0.4, 0.5) is 15.8 Å². The third kappa shape index (κ3) is 5.60. The summed E-state index contributed by atoms with van der Waals surface area (Å²) in [6.07, 6.45) is 2.88. The van der Waals surface area contributed by atoms with Gasteiger partial charge in [0.05, 0.1) is 26.0 Å². The lowest BCUT2D eigenvalue weighted by Gasteiger charge is -2.14. The number of carbonyl (C=O) groups excluding carboxylic acids is 1. The SMILES string of the molecule is COc1cccc(CCC(=O)Nc2ccc(NCC3CCCO3)c(F)c2)c1OC. The van der Waals surface area contributed by atoms with Crippen LogP contribution in [0.3, 0.4) is 0 Å². The number of ether oxygens (including phenoxy) is 3. The molecule has 1 fully saturated rings.